The Hall–Kier alpha value is -1.47. The van der Waals surface area contributed by atoms with E-state index in [0.29, 0.717) is 22.3 Å². The second kappa shape index (κ2) is 8.48. The Kier molecular flexibility index (Phi) is 6.29. The zero-order valence-electron chi connectivity index (χ0n) is 14.6. The summed E-state index contributed by atoms with van der Waals surface area (Å²) in [6.45, 7) is 1.50. The van der Waals surface area contributed by atoms with Crippen molar-refractivity contribution in [2.24, 2.45) is 0 Å². The maximum Gasteiger partial charge on any atom is 0.260 e. The van der Waals surface area contributed by atoms with Crippen LogP contribution in [0, 0.1) is 0 Å². The van der Waals surface area contributed by atoms with Crippen LogP contribution in [0.25, 0.3) is 10.2 Å². The number of carbonyl (C=O) groups excluding carboxylic acids is 1. The lowest BCUT2D eigenvalue weighted by Crippen LogP contribution is -2.33. The second-order valence-corrected chi connectivity index (χ2v) is 8.59. The standard InChI is InChI=1S/C19H19BrClN3OS/c1-23(2)9-4-10-24(18(25)13-5-3-6-15(21)11-13)19-22-16-8-7-14(20)12-17(16)26-19/h3,5-8,11-12H,4,9-10H2,1-2H3. The van der Waals surface area contributed by atoms with Crippen molar-refractivity contribution in [1.29, 1.82) is 0 Å². The molecule has 1 aromatic heterocycles. The zero-order chi connectivity index (χ0) is 18.7. The Labute approximate surface area is 170 Å². The number of thiazole rings is 1. The Morgan fingerprint density at radius 1 is 1.19 bits per heavy atom. The van der Waals surface area contributed by atoms with Crippen molar-refractivity contribution in [1.82, 2.24) is 9.88 Å². The van der Waals surface area contributed by atoms with E-state index < -0.39 is 0 Å². The van der Waals surface area contributed by atoms with Gasteiger partial charge in [0.1, 0.15) is 0 Å². The summed E-state index contributed by atoms with van der Waals surface area (Å²) < 4.78 is 2.05. The van der Waals surface area contributed by atoms with Crippen LogP contribution in [0.15, 0.2) is 46.9 Å². The smallest absolute Gasteiger partial charge is 0.260 e. The van der Waals surface area contributed by atoms with Crippen LogP contribution in [-0.2, 0) is 0 Å². The molecular formula is C19H19BrClN3OS. The predicted molar refractivity (Wildman–Crippen MR) is 114 cm³/mol. The quantitative estimate of drug-likeness (QED) is 0.508. The Balaban J connectivity index is 1.94. The molecule has 3 aromatic rings. The summed E-state index contributed by atoms with van der Waals surface area (Å²) in [5.41, 5.74) is 1.47. The molecule has 26 heavy (non-hydrogen) atoms. The fraction of sp³-hybridized carbons (Fsp3) is 0.263. The van der Waals surface area contributed by atoms with Gasteiger partial charge in [0.2, 0.25) is 0 Å². The summed E-state index contributed by atoms with van der Waals surface area (Å²) in [4.78, 5) is 21.7. The van der Waals surface area contributed by atoms with Crippen LogP contribution in [-0.4, -0.2) is 43.0 Å². The highest BCUT2D eigenvalue weighted by Crippen LogP contribution is 2.32. The number of benzene rings is 2. The Morgan fingerprint density at radius 3 is 2.73 bits per heavy atom. The van der Waals surface area contributed by atoms with Gasteiger partial charge in [0, 0.05) is 21.6 Å². The van der Waals surface area contributed by atoms with E-state index in [4.69, 9.17) is 11.6 Å². The number of halogens is 2. The summed E-state index contributed by atoms with van der Waals surface area (Å²) in [7, 11) is 4.05. The first kappa shape index (κ1) is 19.3. The van der Waals surface area contributed by atoms with Gasteiger partial charge in [0.05, 0.1) is 10.2 Å². The molecule has 0 unspecified atom stereocenters. The van der Waals surface area contributed by atoms with Gasteiger partial charge in [0.25, 0.3) is 5.91 Å². The van der Waals surface area contributed by atoms with Crippen molar-refractivity contribution in [2.45, 2.75) is 6.42 Å². The number of anilines is 1. The van der Waals surface area contributed by atoms with E-state index in [-0.39, 0.29) is 5.91 Å². The third-order valence-corrected chi connectivity index (χ3v) is 5.64. The van der Waals surface area contributed by atoms with E-state index in [1.807, 2.05) is 32.3 Å². The maximum absolute atomic E-state index is 13.1. The number of hydrogen-bond donors (Lipinski definition) is 0. The molecule has 0 aliphatic heterocycles. The summed E-state index contributed by atoms with van der Waals surface area (Å²) in [6.07, 6.45) is 0.860. The molecule has 0 radical (unpaired) electrons. The molecule has 0 spiro atoms. The van der Waals surface area contributed by atoms with Gasteiger partial charge in [0.15, 0.2) is 5.13 Å². The minimum absolute atomic E-state index is 0.0793. The van der Waals surface area contributed by atoms with Crippen LogP contribution >= 0.6 is 38.9 Å². The first-order valence-electron chi connectivity index (χ1n) is 8.22. The molecule has 1 heterocycles. The molecule has 7 heteroatoms. The van der Waals surface area contributed by atoms with Crippen LogP contribution in [0.2, 0.25) is 5.02 Å². The van der Waals surface area contributed by atoms with Crippen molar-refractivity contribution < 1.29 is 4.79 Å². The van der Waals surface area contributed by atoms with Crippen molar-refractivity contribution in [3.63, 3.8) is 0 Å². The molecular weight excluding hydrogens is 434 g/mol. The number of aromatic nitrogens is 1. The number of rotatable bonds is 6. The normalized spacial score (nSPS) is 11.3. The van der Waals surface area contributed by atoms with Crippen molar-refractivity contribution >= 4 is 60.1 Å². The highest BCUT2D eigenvalue weighted by Gasteiger charge is 2.21. The van der Waals surface area contributed by atoms with E-state index in [1.54, 1.807) is 29.2 Å². The van der Waals surface area contributed by atoms with E-state index in [9.17, 15) is 4.79 Å². The number of carbonyl (C=O) groups is 1. The van der Waals surface area contributed by atoms with Crippen molar-refractivity contribution in [3.05, 3.63) is 57.5 Å². The summed E-state index contributed by atoms with van der Waals surface area (Å²) >= 11 is 11.1. The second-order valence-electron chi connectivity index (χ2n) is 6.23. The van der Waals surface area contributed by atoms with Crippen LogP contribution in [0.4, 0.5) is 5.13 Å². The molecule has 1 amide bonds. The molecule has 4 nitrogen and oxygen atoms in total. The first-order chi connectivity index (χ1) is 12.4. The van der Waals surface area contributed by atoms with Crippen LogP contribution < -0.4 is 4.90 Å². The average molecular weight is 453 g/mol. The molecule has 0 saturated carbocycles. The molecule has 0 fully saturated rings. The molecule has 0 aliphatic carbocycles. The molecule has 136 valence electrons. The Bertz CT molecular complexity index is 928. The van der Waals surface area contributed by atoms with E-state index in [2.05, 4.69) is 25.8 Å². The van der Waals surface area contributed by atoms with Crippen LogP contribution in [0.5, 0.6) is 0 Å². The SMILES string of the molecule is CN(C)CCCN(C(=O)c1cccc(Cl)c1)c1nc2ccc(Br)cc2s1. The molecule has 0 bridgehead atoms. The summed E-state index contributed by atoms with van der Waals surface area (Å²) in [5, 5.41) is 1.26. The lowest BCUT2D eigenvalue weighted by atomic mass is 10.2. The maximum atomic E-state index is 13.1. The number of hydrogen-bond acceptors (Lipinski definition) is 4. The largest absolute Gasteiger partial charge is 0.309 e. The molecule has 2 aromatic carbocycles. The summed E-state index contributed by atoms with van der Waals surface area (Å²) in [6, 6.07) is 13.0. The Morgan fingerprint density at radius 2 is 2.00 bits per heavy atom. The van der Waals surface area contributed by atoms with Gasteiger partial charge in [-0.25, -0.2) is 4.98 Å². The third-order valence-electron chi connectivity index (χ3n) is 3.87. The van der Waals surface area contributed by atoms with Crippen LogP contribution in [0.3, 0.4) is 0 Å². The number of fused-ring (bicyclic) bond motifs is 1. The predicted octanol–water partition coefficient (Wildman–Crippen LogP) is 5.31. The molecule has 0 saturated heterocycles. The lowest BCUT2D eigenvalue weighted by molar-refractivity contribution is 0.0986. The van der Waals surface area contributed by atoms with E-state index >= 15 is 0 Å². The zero-order valence-corrected chi connectivity index (χ0v) is 17.7. The van der Waals surface area contributed by atoms with Gasteiger partial charge in [-0.3, -0.25) is 9.69 Å². The molecule has 0 N–H and O–H groups in total. The van der Waals surface area contributed by atoms with E-state index in [1.165, 1.54) is 11.3 Å². The van der Waals surface area contributed by atoms with Crippen molar-refractivity contribution in [2.75, 3.05) is 32.1 Å². The summed E-state index contributed by atoms with van der Waals surface area (Å²) in [5.74, 6) is -0.0793. The molecule has 0 atom stereocenters. The molecule has 0 aliphatic rings. The first-order valence-corrected chi connectivity index (χ1v) is 10.2. The minimum Gasteiger partial charge on any atom is -0.309 e. The topological polar surface area (TPSA) is 36.4 Å². The monoisotopic (exact) mass is 451 g/mol. The fourth-order valence-electron chi connectivity index (χ4n) is 2.61. The number of amides is 1. The highest BCUT2D eigenvalue weighted by molar-refractivity contribution is 9.10. The van der Waals surface area contributed by atoms with Gasteiger partial charge in [-0.2, -0.15) is 0 Å². The minimum atomic E-state index is -0.0793. The third kappa shape index (κ3) is 4.62. The number of nitrogens with zero attached hydrogens (tertiary/aromatic N) is 3. The van der Waals surface area contributed by atoms with Gasteiger partial charge in [-0.05, 0) is 63.5 Å². The van der Waals surface area contributed by atoms with Gasteiger partial charge < -0.3 is 4.90 Å². The van der Waals surface area contributed by atoms with Gasteiger partial charge in [-0.15, -0.1) is 0 Å². The van der Waals surface area contributed by atoms with E-state index in [0.717, 1.165) is 27.7 Å². The molecule has 3 rings (SSSR count). The lowest BCUT2D eigenvalue weighted by Gasteiger charge is -2.21. The van der Waals surface area contributed by atoms with Gasteiger partial charge >= 0.3 is 0 Å². The van der Waals surface area contributed by atoms with Crippen LogP contribution in [0.1, 0.15) is 16.8 Å². The average Bonchev–Trinajstić information content (AvgIpc) is 3.00. The van der Waals surface area contributed by atoms with Crippen molar-refractivity contribution in [3.8, 4) is 0 Å². The fourth-order valence-corrected chi connectivity index (χ4v) is 4.34. The van der Waals surface area contributed by atoms with Gasteiger partial charge in [-0.1, -0.05) is 44.9 Å². The highest BCUT2D eigenvalue weighted by atomic mass is 79.9.